The third kappa shape index (κ3) is 2.75. The SMILES string of the molecule is C[C@]12CC(=O)[C@H]3[C@@H](CCC4=CC(=O)CC(OCCO)[C@@]43C)[C@@H]1CC[C@]2(O)C(=O)CO. The van der Waals surface area contributed by atoms with Gasteiger partial charge in [-0.25, -0.2) is 0 Å². The Morgan fingerprint density at radius 3 is 2.63 bits per heavy atom. The fraction of sp³-hybridized carbons (Fsp3) is 0.783. The minimum absolute atomic E-state index is 0.00939. The summed E-state index contributed by atoms with van der Waals surface area (Å²) in [6.45, 7) is 3.05. The van der Waals surface area contributed by atoms with Crippen molar-refractivity contribution < 1.29 is 34.4 Å². The fourth-order valence-electron chi connectivity index (χ4n) is 7.42. The summed E-state index contributed by atoms with van der Waals surface area (Å²) in [5, 5.41) is 29.9. The van der Waals surface area contributed by atoms with E-state index in [0.717, 1.165) is 12.0 Å². The number of rotatable bonds is 5. The molecule has 3 fully saturated rings. The first-order chi connectivity index (χ1) is 14.1. The molecule has 0 spiro atoms. The van der Waals surface area contributed by atoms with Gasteiger partial charge in [-0.2, -0.15) is 0 Å². The highest BCUT2D eigenvalue weighted by Gasteiger charge is 2.69. The Kier molecular flexibility index (Phi) is 5.33. The van der Waals surface area contributed by atoms with E-state index in [2.05, 4.69) is 0 Å². The number of ketones is 3. The van der Waals surface area contributed by atoms with Crippen LogP contribution in [0.15, 0.2) is 11.6 Å². The van der Waals surface area contributed by atoms with Gasteiger partial charge in [0, 0.05) is 29.6 Å². The van der Waals surface area contributed by atoms with Gasteiger partial charge in [0.05, 0.1) is 19.3 Å². The lowest BCUT2D eigenvalue weighted by molar-refractivity contribution is -0.177. The maximum Gasteiger partial charge on any atom is 0.190 e. The maximum absolute atomic E-state index is 13.6. The van der Waals surface area contributed by atoms with Crippen LogP contribution in [0.25, 0.3) is 0 Å². The Morgan fingerprint density at radius 1 is 1.23 bits per heavy atom. The minimum atomic E-state index is -1.68. The van der Waals surface area contributed by atoms with Crippen LogP contribution in [0.5, 0.6) is 0 Å². The summed E-state index contributed by atoms with van der Waals surface area (Å²) in [7, 11) is 0. The van der Waals surface area contributed by atoms with E-state index in [9.17, 15) is 29.7 Å². The maximum atomic E-state index is 13.6. The van der Waals surface area contributed by atoms with E-state index in [4.69, 9.17) is 4.74 Å². The summed E-state index contributed by atoms with van der Waals surface area (Å²) in [5.41, 5.74) is -2.26. The van der Waals surface area contributed by atoms with E-state index in [0.29, 0.717) is 12.8 Å². The van der Waals surface area contributed by atoms with Gasteiger partial charge in [-0.15, -0.1) is 0 Å². The van der Waals surface area contributed by atoms with Crippen molar-refractivity contribution in [3.63, 3.8) is 0 Å². The molecular formula is C23H32O7. The van der Waals surface area contributed by atoms with Gasteiger partial charge in [0.15, 0.2) is 11.6 Å². The lowest BCUT2D eigenvalue weighted by Gasteiger charge is -2.59. The Balaban J connectivity index is 1.75. The Morgan fingerprint density at radius 2 is 1.97 bits per heavy atom. The van der Waals surface area contributed by atoms with Crippen molar-refractivity contribution >= 4 is 17.3 Å². The number of hydrogen-bond acceptors (Lipinski definition) is 7. The van der Waals surface area contributed by atoms with Crippen LogP contribution < -0.4 is 0 Å². The smallest absolute Gasteiger partial charge is 0.190 e. The molecule has 7 heteroatoms. The third-order valence-corrected chi connectivity index (χ3v) is 8.90. The molecule has 4 aliphatic carbocycles. The molecule has 3 saturated carbocycles. The minimum Gasteiger partial charge on any atom is -0.394 e. The first kappa shape index (κ1) is 21.8. The van der Waals surface area contributed by atoms with Crippen LogP contribution in [-0.4, -0.2) is 64.2 Å². The average Bonchev–Trinajstić information content (AvgIpc) is 2.97. The van der Waals surface area contributed by atoms with Gasteiger partial charge in [-0.05, 0) is 43.6 Å². The third-order valence-electron chi connectivity index (χ3n) is 8.90. The van der Waals surface area contributed by atoms with Crippen molar-refractivity contribution in [2.24, 2.45) is 28.6 Å². The highest BCUT2D eigenvalue weighted by molar-refractivity contribution is 5.95. The van der Waals surface area contributed by atoms with Crippen LogP contribution in [0.4, 0.5) is 0 Å². The summed E-state index contributed by atoms with van der Waals surface area (Å²) in [6.07, 6.45) is 3.75. The molecule has 0 amide bonds. The zero-order chi connectivity index (χ0) is 21.9. The number of aliphatic hydroxyl groups excluding tert-OH is 2. The fourth-order valence-corrected chi connectivity index (χ4v) is 7.42. The molecule has 0 bridgehead atoms. The summed E-state index contributed by atoms with van der Waals surface area (Å²) < 4.78 is 5.90. The summed E-state index contributed by atoms with van der Waals surface area (Å²) in [4.78, 5) is 38.4. The molecule has 7 atom stereocenters. The monoisotopic (exact) mass is 420 g/mol. The van der Waals surface area contributed by atoms with Crippen molar-refractivity contribution in [1.29, 1.82) is 0 Å². The predicted octanol–water partition coefficient (Wildman–Crippen LogP) is 0.977. The van der Waals surface area contributed by atoms with Gasteiger partial charge in [0.1, 0.15) is 18.0 Å². The van der Waals surface area contributed by atoms with Crippen molar-refractivity contribution in [2.45, 2.75) is 64.1 Å². The van der Waals surface area contributed by atoms with Gasteiger partial charge in [-0.1, -0.05) is 19.4 Å². The molecular weight excluding hydrogens is 388 g/mol. The molecule has 166 valence electrons. The molecule has 0 aromatic heterocycles. The Hall–Kier alpha value is -1.41. The van der Waals surface area contributed by atoms with Crippen LogP contribution in [-0.2, 0) is 19.1 Å². The second-order valence-corrected chi connectivity index (χ2v) is 10.0. The molecule has 0 aromatic carbocycles. The predicted molar refractivity (Wildman–Crippen MR) is 106 cm³/mol. The zero-order valence-corrected chi connectivity index (χ0v) is 17.7. The van der Waals surface area contributed by atoms with Crippen molar-refractivity contribution in [2.75, 3.05) is 19.8 Å². The van der Waals surface area contributed by atoms with E-state index >= 15 is 0 Å². The summed E-state index contributed by atoms with van der Waals surface area (Å²) in [5.74, 6) is -1.01. The Bertz CT molecular complexity index is 803. The number of fused-ring (bicyclic) bond motifs is 5. The van der Waals surface area contributed by atoms with Crippen molar-refractivity contribution in [1.82, 2.24) is 0 Å². The standard InChI is InChI=1S/C23H32O7/c1-21-11-17(27)20-15(16(21)5-6-23(21,29)18(28)12-25)4-3-13-9-14(26)10-19(22(13,20)2)30-8-7-24/h9,15-16,19-20,24-25,29H,3-8,10-12H2,1-2H3/t15-,16-,19?,20+,21-,22+,23-/m0/s1. The van der Waals surface area contributed by atoms with Crippen LogP contribution in [0.3, 0.4) is 0 Å². The van der Waals surface area contributed by atoms with Crippen LogP contribution in [0.2, 0.25) is 0 Å². The van der Waals surface area contributed by atoms with Gasteiger partial charge in [0.2, 0.25) is 0 Å². The lowest BCUT2D eigenvalue weighted by atomic mass is 9.45. The molecule has 0 heterocycles. The summed E-state index contributed by atoms with van der Waals surface area (Å²) >= 11 is 0. The lowest BCUT2D eigenvalue weighted by Crippen LogP contribution is -2.63. The molecule has 0 saturated heterocycles. The second kappa shape index (κ2) is 7.33. The van der Waals surface area contributed by atoms with Crippen molar-refractivity contribution in [3.05, 3.63) is 11.6 Å². The molecule has 4 aliphatic rings. The first-order valence-corrected chi connectivity index (χ1v) is 11.0. The largest absolute Gasteiger partial charge is 0.394 e. The second-order valence-electron chi connectivity index (χ2n) is 10.0. The van der Waals surface area contributed by atoms with E-state index in [1.165, 1.54) is 0 Å². The number of ether oxygens (including phenoxy) is 1. The van der Waals surface area contributed by atoms with Gasteiger partial charge >= 0.3 is 0 Å². The highest BCUT2D eigenvalue weighted by Crippen LogP contribution is 2.66. The number of carbonyl (C=O) groups excluding carboxylic acids is 3. The van der Waals surface area contributed by atoms with Crippen LogP contribution in [0.1, 0.15) is 52.4 Å². The Labute approximate surface area is 176 Å². The van der Waals surface area contributed by atoms with Gasteiger partial charge in [-0.3, -0.25) is 14.4 Å². The molecule has 0 aromatic rings. The molecule has 1 unspecified atom stereocenters. The van der Waals surface area contributed by atoms with Crippen molar-refractivity contribution in [3.8, 4) is 0 Å². The molecule has 4 rings (SSSR count). The van der Waals surface area contributed by atoms with E-state index in [1.807, 2.05) is 13.8 Å². The molecule has 30 heavy (non-hydrogen) atoms. The van der Waals surface area contributed by atoms with E-state index < -0.39 is 34.9 Å². The number of carbonyl (C=O) groups is 3. The van der Waals surface area contributed by atoms with E-state index in [-0.39, 0.29) is 61.8 Å². The average molecular weight is 421 g/mol. The normalized spacial score (nSPS) is 45.4. The number of hydrogen-bond donors (Lipinski definition) is 3. The molecule has 0 radical (unpaired) electrons. The summed E-state index contributed by atoms with van der Waals surface area (Å²) in [6, 6.07) is 0. The highest BCUT2D eigenvalue weighted by atomic mass is 16.5. The van der Waals surface area contributed by atoms with Crippen LogP contribution >= 0.6 is 0 Å². The molecule has 3 N–H and O–H groups in total. The zero-order valence-electron chi connectivity index (χ0n) is 17.7. The van der Waals surface area contributed by atoms with Crippen LogP contribution in [0, 0.1) is 28.6 Å². The van der Waals surface area contributed by atoms with Gasteiger partial charge in [0.25, 0.3) is 0 Å². The quantitative estimate of drug-likeness (QED) is 0.606. The number of aliphatic hydroxyl groups is 3. The van der Waals surface area contributed by atoms with Gasteiger partial charge < -0.3 is 20.1 Å². The number of Topliss-reactive ketones (excluding diaryl/α,β-unsaturated/α-hetero) is 2. The molecule has 7 nitrogen and oxygen atoms in total. The molecule has 0 aliphatic heterocycles. The first-order valence-electron chi connectivity index (χ1n) is 11.0. The topological polar surface area (TPSA) is 121 Å². The van der Waals surface area contributed by atoms with E-state index in [1.54, 1.807) is 6.08 Å².